The van der Waals surface area contributed by atoms with Gasteiger partial charge in [0.15, 0.2) is 0 Å². The van der Waals surface area contributed by atoms with E-state index in [0.29, 0.717) is 5.76 Å². The Morgan fingerprint density at radius 2 is 2.00 bits per heavy atom. The minimum atomic E-state index is -0.874. The highest BCUT2D eigenvalue weighted by Gasteiger charge is 2.41. The SMILES string of the molecule is COC(=O)C[C@@H](c1ccco1)C(C)(C)C(=O)OC. The zero-order valence-corrected chi connectivity index (χ0v) is 11.1. The maximum absolute atomic E-state index is 11.8. The molecule has 0 spiro atoms. The molecule has 5 heteroatoms. The normalized spacial score (nSPS) is 12.9. The standard InChI is InChI=1S/C13H18O5/c1-13(2,12(15)17-4)9(8-11(14)16-3)10-6-5-7-18-10/h5-7,9H,8H2,1-4H3/t9-/m0/s1. The van der Waals surface area contributed by atoms with E-state index in [4.69, 9.17) is 9.15 Å². The fourth-order valence-corrected chi connectivity index (χ4v) is 1.86. The summed E-state index contributed by atoms with van der Waals surface area (Å²) in [6.07, 6.45) is 1.57. The highest BCUT2D eigenvalue weighted by atomic mass is 16.5. The molecule has 0 unspecified atom stereocenters. The van der Waals surface area contributed by atoms with Crippen molar-refractivity contribution in [3.8, 4) is 0 Å². The van der Waals surface area contributed by atoms with Gasteiger partial charge in [-0.3, -0.25) is 9.59 Å². The summed E-state index contributed by atoms with van der Waals surface area (Å²) in [7, 11) is 2.63. The van der Waals surface area contributed by atoms with Gasteiger partial charge in [-0.05, 0) is 26.0 Å². The second kappa shape index (κ2) is 5.71. The minimum Gasteiger partial charge on any atom is -0.469 e. The van der Waals surface area contributed by atoms with Crippen molar-refractivity contribution in [1.82, 2.24) is 0 Å². The molecule has 0 aliphatic carbocycles. The van der Waals surface area contributed by atoms with Gasteiger partial charge in [0.25, 0.3) is 0 Å². The molecule has 0 aromatic carbocycles. The first kappa shape index (κ1) is 14.3. The molecule has 0 N–H and O–H groups in total. The molecule has 0 amide bonds. The Labute approximate surface area is 106 Å². The summed E-state index contributed by atoms with van der Waals surface area (Å²) >= 11 is 0. The Morgan fingerprint density at radius 1 is 1.33 bits per heavy atom. The van der Waals surface area contributed by atoms with Crippen LogP contribution in [-0.4, -0.2) is 26.2 Å². The second-order valence-electron chi connectivity index (χ2n) is 4.56. The zero-order valence-electron chi connectivity index (χ0n) is 11.1. The largest absolute Gasteiger partial charge is 0.469 e. The Balaban J connectivity index is 3.04. The molecule has 1 heterocycles. The fraction of sp³-hybridized carbons (Fsp3) is 0.538. The molecule has 0 aliphatic heterocycles. The molecule has 1 rings (SSSR count). The monoisotopic (exact) mass is 254 g/mol. The van der Waals surface area contributed by atoms with Crippen molar-refractivity contribution in [2.24, 2.45) is 5.41 Å². The topological polar surface area (TPSA) is 65.7 Å². The average Bonchev–Trinajstić information content (AvgIpc) is 2.87. The van der Waals surface area contributed by atoms with Crippen molar-refractivity contribution in [3.63, 3.8) is 0 Å². The van der Waals surface area contributed by atoms with E-state index >= 15 is 0 Å². The quantitative estimate of drug-likeness (QED) is 0.753. The third-order valence-electron chi connectivity index (χ3n) is 3.07. The number of rotatable bonds is 5. The molecule has 1 atom stereocenters. The van der Waals surface area contributed by atoms with Crippen LogP contribution in [0.3, 0.4) is 0 Å². The number of hydrogen-bond donors (Lipinski definition) is 0. The number of ether oxygens (including phenoxy) is 2. The van der Waals surface area contributed by atoms with Crippen LogP contribution in [0, 0.1) is 5.41 Å². The third kappa shape index (κ3) is 2.91. The molecular weight excluding hydrogens is 236 g/mol. The van der Waals surface area contributed by atoms with E-state index in [0.717, 1.165) is 0 Å². The Kier molecular flexibility index (Phi) is 4.53. The zero-order chi connectivity index (χ0) is 13.8. The lowest BCUT2D eigenvalue weighted by Crippen LogP contribution is -2.34. The van der Waals surface area contributed by atoms with E-state index in [2.05, 4.69) is 4.74 Å². The molecule has 0 bridgehead atoms. The lowest BCUT2D eigenvalue weighted by Gasteiger charge is -2.29. The molecule has 0 radical (unpaired) electrons. The van der Waals surface area contributed by atoms with Crippen LogP contribution in [0.2, 0.25) is 0 Å². The number of hydrogen-bond acceptors (Lipinski definition) is 5. The first-order valence-corrected chi connectivity index (χ1v) is 5.62. The third-order valence-corrected chi connectivity index (χ3v) is 3.07. The van der Waals surface area contributed by atoms with Crippen LogP contribution in [0.4, 0.5) is 0 Å². The van der Waals surface area contributed by atoms with Crippen LogP contribution in [0.1, 0.15) is 31.9 Å². The van der Waals surface area contributed by atoms with Gasteiger partial charge < -0.3 is 13.9 Å². The molecule has 0 saturated heterocycles. The lowest BCUT2D eigenvalue weighted by molar-refractivity contribution is -0.153. The van der Waals surface area contributed by atoms with E-state index in [-0.39, 0.29) is 6.42 Å². The van der Waals surface area contributed by atoms with Gasteiger partial charge in [0.1, 0.15) is 5.76 Å². The molecule has 0 fully saturated rings. The maximum Gasteiger partial charge on any atom is 0.311 e. The molecule has 1 aromatic heterocycles. The first-order valence-electron chi connectivity index (χ1n) is 5.62. The first-order chi connectivity index (χ1) is 8.43. The summed E-state index contributed by atoms with van der Waals surface area (Å²) in [5.74, 6) is -0.649. The molecule has 100 valence electrons. The van der Waals surface area contributed by atoms with Crippen LogP contribution < -0.4 is 0 Å². The summed E-state index contributed by atoms with van der Waals surface area (Å²) < 4.78 is 14.7. The maximum atomic E-state index is 11.8. The summed E-state index contributed by atoms with van der Waals surface area (Å²) in [5, 5.41) is 0. The van der Waals surface area contributed by atoms with E-state index in [1.807, 2.05) is 0 Å². The van der Waals surface area contributed by atoms with Crippen LogP contribution in [-0.2, 0) is 19.1 Å². The van der Waals surface area contributed by atoms with Crippen molar-refractivity contribution in [3.05, 3.63) is 24.2 Å². The van der Waals surface area contributed by atoms with Crippen molar-refractivity contribution >= 4 is 11.9 Å². The van der Waals surface area contributed by atoms with Crippen molar-refractivity contribution in [2.45, 2.75) is 26.2 Å². The minimum absolute atomic E-state index is 0.0616. The van der Waals surface area contributed by atoms with E-state index < -0.39 is 23.3 Å². The molecule has 1 aromatic rings. The summed E-state index contributed by atoms with van der Waals surface area (Å²) in [6.45, 7) is 3.43. The predicted octanol–water partition coefficient (Wildman–Crippen LogP) is 2.13. The summed E-state index contributed by atoms with van der Waals surface area (Å²) in [4.78, 5) is 23.3. The van der Waals surface area contributed by atoms with E-state index in [1.165, 1.54) is 20.5 Å². The van der Waals surface area contributed by atoms with Crippen molar-refractivity contribution < 1.29 is 23.5 Å². The Bertz CT molecular complexity index is 405. The van der Waals surface area contributed by atoms with Gasteiger partial charge in [0, 0.05) is 5.92 Å². The van der Waals surface area contributed by atoms with E-state index in [1.54, 1.807) is 26.0 Å². The summed E-state index contributed by atoms with van der Waals surface area (Å²) in [5.41, 5.74) is -0.874. The van der Waals surface area contributed by atoms with Crippen LogP contribution in [0.25, 0.3) is 0 Å². The van der Waals surface area contributed by atoms with Gasteiger partial charge in [-0.15, -0.1) is 0 Å². The highest BCUT2D eigenvalue weighted by Crippen LogP contribution is 2.39. The molecular formula is C13H18O5. The molecule has 0 saturated carbocycles. The van der Waals surface area contributed by atoms with Gasteiger partial charge in [0.2, 0.25) is 0 Å². The van der Waals surface area contributed by atoms with Crippen LogP contribution in [0.5, 0.6) is 0 Å². The predicted molar refractivity (Wildman–Crippen MR) is 63.9 cm³/mol. The van der Waals surface area contributed by atoms with Gasteiger partial charge in [-0.25, -0.2) is 0 Å². The van der Waals surface area contributed by atoms with Crippen molar-refractivity contribution in [1.29, 1.82) is 0 Å². The number of carbonyl (C=O) groups excluding carboxylic acids is 2. The van der Waals surface area contributed by atoms with Crippen molar-refractivity contribution in [2.75, 3.05) is 14.2 Å². The average molecular weight is 254 g/mol. The highest BCUT2D eigenvalue weighted by molar-refractivity contribution is 5.79. The molecule has 0 aliphatic rings. The van der Waals surface area contributed by atoms with Crippen LogP contribution in [0.15, 0.2) is 22.8 Å². The lowest BCUT2D eigenvalue weighted by atomic mass is 9.75. The summed E-state index contributed by atoms with van der Waals surface area (Å²) in [6, 6.07) is 3.45. The second-order valence-corrected chi connectivity index (χ2v) is 4.56. The number of esters is 2. The van der Waals surface area contributed by atoms with Gasteiger partial charge >= 0.3 is 11.9 Å². The Hall–Kier alpha value is -1.78. The van der Waals surface area contributed by atoms with Crippen LogP contribution >= 0.6 is 0 Å². The van der Waals surface area contributed by atoms with Gasteiger partial charge in [-0.2, -0.15) is 0 Å². The fourth-order valence-electron chi connectivity index (χ4n) is 1.86. The molecule has 18 heavy (non-hydrogen) atoms. The molecule has 5 nitrogen and oxygen atoms in total. The number of furan rings is 1. The number of methoxy groups -OCH3 is 2. The van der Waals surface area contributed by atoms with Gasteiger partial charge in [0.05, 0.1) is 32.3 Å². The smallest absolute Gasteiger partial charge is 0.311 e. The Morgan fingerprint density at radius 3 is 2.44 bits per heavy atom. The van der Waals surface area contributed by atoms with Gasteiger partial charge in [-0.1, -0.05) is 0 Å². The number of carbonyl (C=O) groups is 2. The van der Waals surface area contributed by atoms with E-state index in [9.17, 15) is 9.59 Å².